The second-order valence-electron chi connectivity index (χ2n) is 7.84. The Labute approximate surface area is 191 Å². The molecule has 0 unspecified atom stereocenters. The molecule has 0 amide bonds. The average molecular weight is 447 g/mol. The van der Waals surface area contributed by atoms with Gasteiger partial charge in [0.2, 0.25) is 0 Å². The van der Waals surface area contributed by atoms with E-state index in [2.05, 4.69) is 49.8 Å². The Hall–Kier alpha value is -3.32. The fraction of sp³-hybridized carbons (Fsp3) is 0.280. The highest BCUT2D eigenvalue weighted by atomic mass is 32.1. The van der Waals surface area contributed by atoms with E-state index in [0.717, 1.165) is 45.9 Å². The molecule has 1 N–H and O–H groups in total. The van der Waals surface area contributed by atoms with Crippen LogP contribution in [0.3, 0.4) is 0 Å². The lowest BCUT2D eigenvalue weighted by molar-refractivity contribution is 0.355. The summed E-state index contributed by atoms with van der Waals surface area (Å²) in [6, 6.07) is 14.6. The van der Waals surface area contributed by atoms with Gasteiger partial charge in [-0.05, 0) is 61.2 Å². The van der Waals surface area contributed by atoms with Crippen LogP contribution in [0.2, 0.25) is 0 Å². The van der Waals surface area contributed by atoms with E-state index in [0.29, 0.717) is 11.5 Å². The van der Waals surface area contributed by atoms with Crippen LogP contribution >= 0.6 is 11.3 Å². The molecule has 2 aromatic carbocycles. The summed E-state index contributed by atoms with van der Waals surface area (Å²) in [6.45, 7) is 2.28. The molecule has 0 radical (unpaired) electrons. The molecule has 2 aromatic heterocycles. The monoisotopic (exact) mass is 446 g/mol. The molecule has 164 valence electrons. The van der Waals surface area contributed by atoms with Crippen molar-refractivity contribution in [1.82, 2.24) is 9.97 Å². The lowest BCUT2D eigenvalue weighted by Crippen LogP contribution is -2.29. The molecule has 1 fully saturated rings. The number of aromatic nitrogens is 2. The molecule has 3 heterocycles. The van der Waals surface area contributed by atoms with Gasteiger partial charge in [-0.2, -0.15) is 0 Å². The molecular formula is C25H26N4O2S. The molecule has 1 aliphatic rings. The molecule has 1 saturated heterocycles. The number of fused-ring (bicyclic) bond motifs is 1. The molecular weight excluding hydrogens is 420 g/mol. The summed E-state index contributed by atoms with van der Waals surface area (Å²) in [7, 11) is 3.29. The molecule has 1 aliphatic heterocycles. The summed E-state index contributed by atoms with van der Waals surface area (Å²) in [5, 5.41) is 6.63. The Balaban J connectivity index is 1.47. The van der Waals surface area contributed by atoms with Crippen LogP contribution in [-0.2, 0) is 0 Å². The number of thiophene rings is 1. The van der Waals surface area contributed by atoms with Crippen molar-refractivity contribution >= 4 is 38.7 Å². The van der Waals surface area contributed by atoms with Crippen molar-refractivity contribution in [1.29, 1.82) is 0 Å². The van der Waals surface area contributed by atoms with Gasteiger partial charge in [-0.15, -0.1) is 11.3 Å². The molecule has 5 rings (SSSR count). The molecule has 0 spiro atoms. The first-order valence-corrected chi connectivity index (χ1v) is 11.7. The van der Waals surface area contributed by atoms with Crippen LogP contribution in [0.1, 0.15) is 19.3 Å². The van der Waals surface area contributed by atoms with Gasteiger partial charge in [-0.25, -0.2) is 9.97 Å². The number of benzene rings is 2. The van der Waals surface area contributed by atoms with Crippen LogP contribution < -0.4 is 19.7 Å². The van der Waals surface area contributed by atoms with E-state index in [1.54, 1.807) is 31.9 Å². The molecule has 0 aliphatic carbocycles. The first kappa shape index (κ1) is 20.6. The van der Waals surface area contributed by atoms with Gasteiger partial charge in [0.1, 0.15) is 17.0 Å². The van der Waals surface area contributed by atoms with E-state index in [-0.39, 0.29) is 0 Å². The Kier molecular flexibility index (Phi) is 5.81. The zero-order valence-electron chi connectivity index (χ0n) is 18.3. The Bertz CT molecular complexity index is 1220. The Morgan fingerprint density at radius 2 is 1.69 bits per heavy atom. The molecule has 0 bridgehead atoms. The molecule has 32 heavy (non-hydrogen) atoms. The van der Waals surface area contributed by atoms with Crippen LogP contribution in [0, 0.1) is 0 Å². The number of ether oxygens (including phenoxy) is 2. The van der Waals surface area contributed by atoms with E-state index >= 15 is 0 Å². The highest BCUT2D eigenvalue weighted by molar-refractivity contribution is 7.17. The highest BCUT2D eigenvalue weighted by Crippen LogP contribution is 2.40. The molecule has 0 saturated carbocycles. The van der Waals surface area contributed by atoms with E-state index in [9.17, 15) is 0 Å². The van der Waals surface area contributed by atoms with Gasteiger partial charge in [-0.1, -0.05) is 6.07 Å². The van der Waals surface area contributed by atoms with E-state index in [1.165, 1.54) is 24.9 Å². The average Bonchev–Trinajstić information content (AvgIpc) is 3.30. The summed E-state index contributed by atoms with van der Waals surface area (Å²) < 4.78 is 10.9. The smallest absolute Gasteiger partial charge is 0.161 e. The summed E-state index contributed by atoms with van der Waals surface area (Å²) in [5.74, 6) is 2.20. The summed E-state index contributed by atoms with van der Waals surface area (Å²) in [4.78, 5) is 12.5. The van der Waals surface area contributed by atoms with E-state index in [1.807, 2.05) is 18.2 Å². The van der Waals surface area contributed by atoms with E-state index < -0.39 is 0 Å². The van der Waals surface area contributed by atoms with Crippen LogP contribution in [0.5, 0.6) is 11.5 Å². The minimum atomic E-state index is 0.698. The van der Waals surface area contributed by atoms with Gasteiger partial charge in [0.15, 0.2) is 11.5 Å². The standard InChI is InChI=1S/C25H26N4O2S/c1-30-21-11-6-17(14-22(21)31-2)20-15-32-25-23(20)24(26-16-27-25)28-18-7-9-19(10-8-18)29-12-4-3-5-13-29/h6-11,14-16H,3-5,12-13H2,1-2H3,(H,26,27,28). The van der Waals surface area contributed by atoms with Crippen molar-refractivity contribution in [3.63, 3.8) is 0 Å². The summed E-state index contributed by atoms with van der Waals surface area (Å²) in [5.41, 5.74) is 4.39. The normalized spacial score (nSPS) is 13.9. The maximum Gasteiger partial charge on any atom is 0.161 e. The first-order valence-electron chi connectivity index (χ1n) is 10.8. The van der Waals surface area contributed by atoms with Crippen LogP contribution in [0.4, 0.5) is 17.2 Å². The van der Waals surface area contributed by atoms with Crippen LogP contribution in [-0.4, -0.2) is 37.3 Å². The SMILES string of the molecule is COc1ccc(-c2csc3ncnc(Nc4ccc(N5CCCCC5)cc4)c23)cc1OC. The summed E-state index contributed by atoms with van der Waals surface area (Å²) >= 11 is 1.61. The van der Waals surface area contributed by atoms with Gasteiger partial charge >= 0.3 is 0 Å². The van der Waals surface area contributed by atoms with Gasteiger partial charge < -0.3 is 19.7 Å². The second kappa shape index (κ2) is 9.04. The predicted octanol–water partition coefficient (Wildman–Crippen LogP) is 6.11. The van der Waals surface area contributed by atoms with Gasteiger partial charge in [0, 0.05) is 35.4 Å². The van der Waals surface area contributed by atoms with Crippen molar-refractivity contribution in [3.05, 3.63) is 54.2 Å². The predicted molar refractivity (Wildman–Crippen MR) is 132 cm³/mol. The third-order valence-corrected chi connectivity index (χ3v) is 6.80. The number of piperidine rings is 1. The second-order valence-corrected chi connectivity index (χ2v) is 8.70. The number of hydrogen-bond acceptors (Lipinski definition) is 7. The number of anilines is 3. The van der Waals surface area contributed by atoms with Crippen molar-refractivity contribution in [2.45, 2.75) is 19.3 Å². The zero-order valence-corrected chi connectivity index (χ0v) is 19.1. The maximum absolute atomic E-state index is 5.50. The van der Waals surface area contributed by atoms with Gasteiger partial charge in [0.25, 0.3) is 0 Å². The van der Waals surface area contributed by atoms with Crippen molar-refractivity contribution < 1.29 is 9.47 Å². The van der Waals surface area contributed by atoms with Crippen molar-refractivity contribution in [2.24, 2.45) is 0 Å². The van der Waals surface area contributed by atoms with Crippen molar-refractivity contribution in [2.75, 3.05) is 37.5 Å². The van der Waals surface area contributed by atoms with Gasteiger partial charge in [-0.3, -0.25) is 0 Å². The minimum absolute atomic E-state index is 0.698. The topological polar surface area (TPSA) is 59.5 Å². The third kappa shape index (κ3) is 3.96. The van der Waals surface area contributed by atoms with E-state index in [4.69, 9.17) is 9.47 Å². The first-order chi connectivity index (χ1) is 15.8. The number of rotatable bonds is 6. The van der Waals surface area contributed by atoms with Gasteiger partial charge in [0.05, 0.1) is 19.6 Å². The number of methoxy groups -OCH3 is 2. The fourth-order valence-corrected chi connectivity index (χ4v) is 5.15. The molecule has 0 atom stereocenters. The number of nitrogens with one attached hydrogen (secondary N) is 1. The quantitative estimate of drug-likeness (QED) is 0.386. The lowest BCUT2D eigenvalue weighted by Gasteiger charge is -2.28. The molecule has 6 nitrogen and oxygen atoms in total. The number of hydrogen-bond donors (Lipinski definition) is 1. The Morgan fingerprint density at radius 1 is 0.906 bits per heavy atom. The fourth-order valence-electron chi connectivity index (χ4n) is 4.23. The Morgan fingerprint density at radius 3 is 2.44 bits per heavy atom. The molecule has 4 aromatic rings. The highest BCUT2D eigenvalue weighted by Gasteiger charge is 2.16. The van der Waals surface area contributed by atoms with Crippen molar-refractivity contribution in [3.8, 4) is 22.6 Å². The zero-order chi connectivity index (χ0) is 21.9. The lowest BCUT2D eigenvalue weighted by atomic mass is 10.1. The minimum Gasteiger partial charge on any atom is -0.493 e. The number of nitrogens with zero attached hydrogens (tertiary/aromatic N) is 3. The summed E-state index contributed by atoms with van der Waals surface area (Å²) in [6.07, 6.45) is 5.50. The van der Waals surface area contributed by atoms with Crippen LogP contribution in [0.25, 0.3) is 21.3 Å². The largest absolute Gasteiger partial charge is 0.493 e. The maximum atomic E-state index is 5.50. The third-order valence-electron chi connectivity index (χ3n) is 5.92. The van der Waals surface area contributed by atoms with Crippen LogP contribution in [0.15, 0.2) is 54.2 Å². The molecule has 7 heteroatoms.